The fourth-order valence-electron chi connectivity index (χ4n) is 0.574. The van der Waals surface area contributed by atoms with Crippen molar-refractivity contribution in [3.05, 3.63) is 11.5 Å². The van der Waals surface area contributed by atoms with E-state index in [2.05, 4.69) is 4.99 Å². The highest BCUT2D eigenvalue weighted by Gasteiger charge is 2.15. The van der Waals surface area contributed by atoms with Crippen LogP contribution in [0.2, 0.25) is 0 Å². The molecule has 7 heteroatoms. The number of aliphatic imine (C=N–C) groups is 1. The Labute approximate surface area is 79.4 Å². The number of carbonyl (C=O) groups excluding carboxylic acids is 1. The van der Waals surface area contributed by atoms with E-state index in [1.54, 1.807) is 0 Å². The first-order valence-electron chi connectivity index (χ1n) is 3.14. The minimum Gasteiger partial charge on any atom is -0.494 e. The molecule has 6 nitrogen and oxygen atoms in total. The quantitative estimate of drug-likeness (QED) is 0.216. The van der Waals surface area contributed by atoms with Crippen LogP contribution in [0.25, 0.3) is 0 Å². The first kappa shape index (κ1) is 11.4. The second kappa shape index (κ2) is 4.46. The Morgan fingerprint density at radius 2 is 2.00 bits per heavy atom. The molecule has 0 aliphatic carbocycles. The third-order valence-electron chi connectivity index (χ3n) is 1.01. The molecule has 0 bridgehead atoms. The zero-order valence-corrected chi connectivity index (χ0v) is 7.59. The molecule has 0 spiro atoms. The Morgan fingerprint density at radius 3 is 2.23 bits per heavy atom. The van der Waals surface area contributed by atoms with E-state index >= 15 is 0 Å². The van der Waals surface area contributed by atoms with Gasteiger partial charge in [0, 0.05) is 0 Å². The van der Waals surface area contributed by atoms with E-state index in [9.17, 15) is 4.79 Å². The molecule has 72 valence electrons. The summed E-state index contributed by atoms with van der Waals surface area (Å²) in [5, 5.41) is 16.0. The molecule has 0 saturated heterocycles. The highest BCUT2D eigenvalue weighted by atomic mass is 35.5. The number of hydrogen-bond donors (Lipinski definition) is 4. The summed E-state index contributed by atoms with van der Waals surface area (Å²) in [5.74, 6) is -2.45. The van der Waals surface area contributed by atoms with Gasteiger partial charge >= 0.3 is 0 Å². The average Bonchev–Trinajstić information content (AvgIpc) is 1.81. The van der Waals surface area contributed by atoms with Crippen molar-refractivity contribution in [2.24, 2.45) is 16.5 Å². The van der Waals surface area contributed by atoms with E-state index in [0.29, 0.717) is 0 Å². The Kier molecular flexibility index (Phi) is 3.93. The lowest BCUT2D eigenvalue weighted by molar-refractivity contribution is -0.114. The van der Waals surface area contributed by atoms with Gasteiger partial charge in [-0.1, -0.05) is 11.6 Å². The van der Waals surface area contributed by atoms with Gasteiger partial charge in [0.05, 0.1) is 0 Å². The number of halogens is 1. The zero-order valence-electron chi connectivity index (χ0n) is 6.84. The lowest BCUT2D eigenvalue weighted by atomic mass is 10.2. The maximum atomic E-state index is 10.6. The van der Waals surface area contributed by atoms with Crippen LogP contribution in [0, 0.1) is 5.41 Å². The van der Waals surface area contributed by atoms with E-state index in [1.807, 2.05) is 0 Å². The number of amidine groups is 1. The van der Waals surface area contributed by atoms with E-state index in [1.165, 1.54) is 6.92 Å². The summed E-state index contributed by atoms with van der Waals surface area (Å²) >= 11 is 5.34. The predicted octanol–water partition coefficient (Wildman–Crippen LogP) is -0.166. The topological polar surface area (TPSA) is 126 Å². The van der Waals surface area contributed by atoms with Crippen LogP contribution in [-0.4, -0.2) is 22.0 Å². The van der Waals surface area contributed by atoms with Crippen LogP contribution in [0.15, 0.2) is 16.4 Å². The zero-order chi connectivity index (χ0) is 10.6. The van der Waals surface area contributed by atoms with Crippen molar-refractivity contribution >= 4 is 28.5 Å². The van der Waals surface area contributed by atoms with Gasteiger partial charge in [0.2, 0.25) is 0 Å². The third-order valence-corrected chi connectivity index (χ3v) is 1.09. The van der Waals surface area contributed by atoms with Crippen LogP contribution >= 0.6 is 11.6 Å². The summed E-state index contributed by atoms with van der Waals surface area (Å²) in [6, 6.07) is 0. The molecule has 0 atom stereocenters. The number of aliphatic hydroxyl groups excluding tert-OH is 1. The molecule has 0 heterocycles. The van der Waals surface area contributed by atoms with Crippen molar-refractivity contribution in [3.63, 3.8) is 0 Å². The number of rotatable bonds is 2. The summed E-state index contributed by atoms with van der Waals surface area (Å²) < 4.78 is 0. The minimum absolute atomic E-state index is 0.0324. The number of amides is 1. The molecule has 0 aromatic heterocycles. The minimum atomic E-state index is -1.04. The van der Waals surface area contributed by atoms with Crippen LogP contribution in [0.3, 0.4) is 0 Å². The number of nitrogens with two attached hydrogens (primary N) is 2. The summed E-state index contributed by atoms with van der Waals surface area (Å²) in [6.45, 7) is 1.41. The van der Waals surface area contributed by atoms with E-state index in [0.717, 1.165) is 0 Å². The third kappa shape index (κ3) is 3.57. The van der Waals surface area contributed by atoms with Crippen LogP contribution in [-0.2, 0) is 4.79 Å². The first-order valence-corrected chi connectivity index (χ1v) is 3.52. The number of hydrogen-bond acceptors (Lipinski definition) is 4. The normalized spacial score (nSPS) is 13.5. The highest BCUT2D eigenvalue weighted by Crippen LogP contribution is 2.01. The van der Waals surface area contributed by atoms with Gasteiger partial charge in [-0.25, -0.2) is 4.99 Å². The molecule has 0 aromatic carbocycles. The number of nitrogens with zero attached hydrogens (tertiary/aromatic N) is 1. The molecular formula is C6H9ClN4O2. The largest absolute Gasteiger partial charge is 0.494 e. The predicted molar refractivity (Wildman–Crippen MR) is 49.7 cm³/mol. The second-order valence-corrected chi connectivity index (χ2v) is 2.63. The molecule has 0 aromatic rings. The lowest BCUT2D eigenvalue weighted by Gasteiger charge is -2.01. The first-order chi connectivity index (χ1) is 5.86. The number of aliphatic hydroxyl groups is 1. The number of nitrogens with one attached hydrogen (secondary N) is 1. The molecule has 0 aliphatic heterocycles. The molecule has 13 heavy (non-hydrogen) atoms. The number of carbonyl (C=O) groups is 1. The molecule has 0 fully saturated rings. The smallest absolute Gasteiger partial charge is 0.257 e. The molecule has 6 N–H and O–H groups in total. The summed E-state index contributed by atoms with van der Waals surface area (Å²) in [4.78, 5) is 14.0. The molecule has 0 radical (unpaired) electrons. The second-order valence-electron chi connectivity index (χ2n) is 2.08. The van der Waals surface area contributed by atoms with Crippen molar-refractivity contribution in [2.45, 2.75) is 6.92 Å². The maximum absolute atomic E-state index is 10.6. The molecular weight excluding hydrogens is 196 g/mol. The van der Waals surface area contributed by atoms with Crippen LogP contribution in [0.5, 0.6) is 0 Å². The van der Waals surface area contributed by atoms with E-state index in [4.69, 9.17) is 33.6 Å². The van der Waals surface area contributed by atoms with Gasteiger partial charge < -0.3 is 16.6 Å². The van der Waals surface area contributed by atoms with Gasteiger partial charge in [-0.15, -0.1) is 0 Å². The van der Waals surface area contributed by atoms with Crippen LogP contribution < -0.4 is 11.5 Å². The highest BCUT2D eigenvalue weighted by molar-refractivity contribution is 6.65. The van der Waals surface area contributed by atoms with E-state index < -0.39 is 23.2 Å². The fourth-order valence-corrected chi connectivity index (χ4v) is 0.659. The Balaban J connectivity index is 5.04. The summed E-state index contributed by atoms with van der Waals surface area (Å²) in [7, 11) is 0. The van der Waals surface area contributed by atoms with Gasteiger partial charge in [0.15, 0.2) is 11.7 Å². The standard InChI is InChI=1S/C6H9ClN4O2/c1-2(7)11-4(8)3(5(9)12)6(10)13/h8,12H,9H2,1H3,(H2,10,13)/b5-3+,8-4?,11-2?. The SMILES string of the molecule is CC(Cl)=NC(=N)/C(C(N)=O)=C(/N)O. The fraction of sp³-hybridized carbons (Fsp3) is 0.167. The summed E-state index contributed by atoms with van der Waals surface area (Å²) in [6.07, 6.45) is 0. The maximum Gasteiger partial charge on any atom is 0.257 e. The van der Waals surface area contributed by atoms with Crippen molar-refractivity contribution in [1.82, 2.24) is 0 Å². The van der Waals surface area contributed by atoms with Gasteiger partial charge in [0.25, 0.3) is 5.91 Å². The lowest BCUT2D eigenvalue weighted by Crippen LogP contribution is -2.24. The monoisotopic (exact) mass is 204 g/mol. The van der Waals surface area contributed by atoms with E-state index in [-0.39, 0.29) is 5.17 Å². The van der Waals surface area contributed by atoms with Crippen molar-refractivity contribution < 1.29 is 9.90 Å². The molecule has 0 rings (SSSR count). The summed E-state index contributed by atoms with van der Waals surface area (Å²) in [5.41, 5.74) is 9.16. The molecule has 1 amide bonds. The van der Waals surface area contributed by atoms with Gasteiger partial charge in [0.1, 0.15) is 10.7 Å². The van der Waals surface area contributed by atoms with Crippen LogP contribution in [0.1, 0.15) is 6.92 Å². The Bertz CT molecular complexity index is 300. The molecule has 0 aliphatic rings. The molecule has 0 saturated carbocycles. The molecule has 0 unspecified atom stereocenters. The van der Waals surface area contributed by atoms with Gasteiger partial charge in [-0.2, -0.15) is 0 Å². The van der Waals surface area contributed by atoms with Crippen molar-refractivity contribution in [3.8, 4) is 0 Å². The van der Waals surface area contributed by atoms with Crippen LogP contribution in [0.4, 0.5) is 0 Å². The number of primary amides is 1. The average molecular weight is 205 g/mol. The Morgan fingerprint density at radius 1 is 1.54 bits per heavy atom. The van der Waals surface area contributed by atoms with Crippen molar-refractivity contribution in [1.29, 1.82) is 5.41 Å². The van der Waals surface area contributed by atoms with Gasteiger partial charge in [-0.3, -0.25) is 10.2 Å². The Hall–Kier alpha value is -1.56. The van der Waals surface area contributed by atoms with Gasteiger partial charge in [-0.05, 0) is 6.92 Å². The van der Waals surface area contributed by atoms with Crippen molar-refractivity contribution in [2.75, 3.05) is 0 Å².